The molecular formula is C20H12BrN3O6. The first-order chi connectivity index (χ1) is 14.3. The van der Waals surface area contributed by atoms with E-state index in [9.17, 15) is 25.0 Å². The van der Waals surface area contributed by atoms with Gasteiger partial charge in [-0.2, -0.15) is 0 Å². The topological polar surface area (TPSA) is 125 Å². The minimum Gasteiger partial charge on any atom is -0.423 e. The van der Waals surface area contributed by atoms with Gasteiger partial charge in [-0.05, 0) is 54.1 Å². The van der Waals surface area contributed by atoms with E-state index < -0.39 is 27.2 Å². The van der Waals surface area contributed by atoms with Crippen LogP contribution in [0.5, 0.6) is 5.75 Å². The Bertz CT molecular complexity index is 1110. The Morgan fingerprint density at radius 3 is 2.00 bits per heavy atom. The zero-order valence-electron chi connectivity index (χ0n) is 15.1. The van der Waals surface area contributed by atoms with E-state index in [0.717, 1.165) is 33.9 Å². The molecule has 0 aliphatic rings. The summed E-state index contributed by atoms with van der Waals surface area (Å²) in [6, 6.07) is 16.4. The summed E-state index contributed by atoms with van der Waals surface area (Å²) in [6.45, 7) is 0. The van der Waals surface area contributed by atoms with Gasteiger partial charge in [0.25, 0.3) is 11.4 Å². The molecule has 0 saturated heterocycles. The molecule has 10 heteroatoms. The van der Waals surface area contributed by atoms with Gasteiger partial charge in [-0.25, -0.2) is 4.79 Å². The van der Waals surface area contributed by atoms with E-state index in [1.807, 2.05) is 24.3 Å². The molecule has 0 aliphatic heterocycles. The molecule has 30 heavy (non-hydrogen) atoms. The third-order valence-corrected chi connectivity index (χ3v) is 4.37. The number of benzene rings is 3. The molecule has 0 N–H and O–H groups in total. The smallest absolute Gasteiger partial charge is 0.344 e. The van der Waals surface area contributed by atoms with Crippen molar-refractivity contribution in [1.82, 2.24) is 0 Å². The molecule has 0 bridgehead atoms. The molecule has 9 nitrogen and oxygen atoms in total. The molecule has 0 unspecified atom stereocenters. The molecule has 0 heterocycles. The molecule has 3 aromatic rings. The maximum absolute atomic E-state index is 12.3. The molecule has 3 rings (SSSR count). The lowest BCUT2D eigenvalue weighted by molar-refractivity contribution is -0.394. The van der Waals surface area contributed by atoms with Gasteiger partial charge in [0.2, 0.25) is 0 Å². The number of hydrogen-bond acceptors (Lipinski definition) is 7. The summed E-state index contributed by atoms with van der Waals surface area (Å²) in [7, 11) is 0. The van der Waals surface area contributed by atoms with E-state index in [2.05, 4.69) is 20.9 Å². The van der Waals surface area contributed by atoms with E-state index in [4.69, 9.17) is 4.74 Å². The first-order valence-corrected chi connectivity index (χ1v) is 9.17. The first kappa shape index (κ1) is 20.8. The van der Waals surface area contributed by atoms with Gasteiger partial charge in [-0.1, -0.05) is 15.9 Å². The van der Waals surface area contributed by atoms with Crippen molar-refractivity contribution in [2.75, 3.05) is 0 Å². The fourth-order valence-electron chi connectivity index (χ4n) is 2.39. The number of aliphatic imine (C=N–C) groups is 1. The summed E-state index contributed by atoms with van der Waals surface area (Å²) in [6.07, 6.45) is 1.64. The van der Waals surface area contributed by atoms with Gasteiger partial charge in [-0.3, -0.25) is 25.2 Å². The number of hydrogen-bond donors (Lipinski definition) is 0. The molecule has 0 aromatic heterocycles. The van der Waals surface area contributed by atoms with E-state index in [-0.39, 0.29) is 11.3 Å². The lowest BCUT2D eigenvalue weighted by Crippen LogP contribution is -2.09. The van der Waals surface area contributed by atoms with Gasteiger partial charge in [0.1, 0.15) is 5.75 Å². The van der Waals surface area contributed by atoms with Gasteiger partial charge < -0.3 is 4.74 Å². The van der Waals surface area contributed by atoms with Crippen LogP contribution in [0.4, 0.5) is 17.1 Å². The number of rotatable bonds is 6. The number of carbonyl (C=O) groups excluding carboxylic acids is 1. The Hall–Kier alpha value is -3.92. The highest BCUT2D eigenvalue weighted by atomic mass is 79.9. The zero-order chi connectivity index (χ0) is 21.7. The molecular weight excluding hydrogens is 458 g/mol. The number of nitrogens with zero attached hydrogens (tertiary/aromatic N) is 3. The molecule has 3 aromatic carbocycles. The van der Waals surface area contributed by atoms with Crippen LogP contribution in [0.25, 0.3) is 0 Å². The number of non-ortho nitro benzene ring substituents is 2. The largest absolute Gasteiger partial charge is 0.423 e. The van der Waals surface area contributed by atoms with Crippen molar-refractivity contribution in [2.45, 2.75) is 0 Å². The highest BCUT2D eigenvalue weighted by Crippen LogP contribution is 2.24. The van der Waals surface area contributed by atoms with Crippen LogP contribution in [0.1, 0.15) is 15.9 Å². The molecule has 0 aliphatic carbocycles. The van der Waals surface area contributed by atoms with Crippen LogP contribution in [0, 0.1) is 20.2 Å². The summed E-state index contributed by atoms with van der Waals surface area (Å²) in [5, 5.41) is 21.9. The van der Waals surface area contributed by atoms with Crippen molar-refractivity contribution in [3.8, 4) is 5.75 Å². The van der Waals surface area contributed by atoms with Crippen LogP contribution >= 0.6 is 15.9 Å². The van der Waals surface area contributed by atoms with Crippen molar-refractivity contribution < 1.29 is 19.4 Å². The summed E-state index contributed by atoms with van der Waals surface area (Å²) < 4.78 is 6.11. The highest BCUT2D eigenvalue weighted by Gasteiger charge is 2.21. The van der Waals surface area contributed by atoms with Gasteiger partial charge in [0.15, 0.2) is 0 Å². The Morgan fingerprint density at radius 1 is 0.900 bits per heavy atom. The minimum atomic E-state index is -0.946. The van der Waals surface area contributed by atoms with Crippen LogP contribution < -0.4 is 4.74 Å². The molecule has 0 spiro atoms. The van der Waals surface area contributed by atoms with Crippen LogP contribution in [-0.2, 0) is 0 Å². The molecule has 0 fully saturated rings. The van der Waals surface area contributed by atoms with E-state index >= 15 is 0 Å². The quantitative estimate of drug-likeness (QED) is 0.160. The second-order valence-electron chi connectivity index (χ2n) is 5.95. The average molecular weight is 470 g/mol. The van der Waals surface area contributed by atoms with Crippen LogP contribution in [0.2, 0.25) is 0 Å². The molecule has 0 amide bonds. The van der Waals surface area contributed by atoms with Crippen molar-refractivity contribution in [1.29, 1.82) is 0 Å². The fraction of sp³-hybridized carbons (Fsp3) is 0. The number of ether oxygens (including phenoxy) is 1. The number of nitro benzene ring substituents is 2. The maximum atomic E-state index is 12.3. The van der Waals surface area contributed by atoms with Gasteiger partial charge in [0, 0.05) is 22.8 Å². The number of carbonyl (C=O) groups is 1. The predicted octanol–water partition coefficient (Wildman–Crippen LogP) is 5.24. The van der Waals surface area contributed by atoms with Crippen LogP contribution in [0.15, 0.2) is 76.2 Å². The molecule has 0 atom stereocenters. The minimum absolute atomic E-state index is 0.176. The summed E-state index contributed by atoms with van der Waals surface area (Å²) in [5.74, 6) is -0.770. The Kier molecular flexibility index (Phi) is 6.28. The van der Waals surface area contributed by atoms with E-state index in [0.29, 0.717) is 0 Å². The highest BCUT2D eigenvalue weighted by molar-refractivity contribution is 9.10. The van der Waals surface area contributed by atoms with Gasteiger partial charge in [-0.15, -0.1) is 0 Å². The summed E-state index contributed by atoms with van der Waals surface area (Å²) >= 11 is 3.35. The van der Waals surface area contributed by atoms with Gasteiger partial charge in [0.05, 0.1) is 27.2 Å². The Labute approximate surface area is 178 Å². The lowest BCUT2D eigenvalue weighted by atomic mass is 10.1. The SMILES string of the molecule is O=C(Oc1ccc(C=Nc2ccc(Br)cc2)cc1)c1cc([N+](=O)[O-])cc([N+](=O)[O-])c1. The lowest BCUT2D eigenvalue weighted by Gasteiger charge is -2.05. The van der Waals surface area contributed by atoms with Crippen molar-refractivity contribution >= 4 is 45.2 Å². The number of esters is 1. The number of halogens is 1. The third kappa shape index (κ3) is 5.32. The van der Waals surface area contributed by atoms with Crippen molar-refractivity contribution in [3.63, 3.8) is 0 Å². The van der Waals surface area contributed by atoms with Gasteiger partial charge >= 0.3 is 5.97 Å². The molecule has 150 valence electrons. The first-order valence-electron chi connectivity index (χ1n) is 8.37. The zero-order valence-corrected chi connectivity index (χ0v) is 16.7. The summed E-state index contributed by atoms with van der Waals surface area (Å²) in [4.78, 5) is 36.9. The monoisotopic (exact) mass is 469 g/mol. The second kappa shape index (κ2) is 9.05. The maximum Gasteiger partial charge on any atom is 0.344 e. The van der Waals surface area contributed by atoms with E-state index in [1.165, 1.54) is 12.1 Å². The fourth-order valence-corrected chi connectivity index (χ4v) is 2.65. The second-order valence-corrected chi connectivity index (χ2v) is 6.86. The van der Waals surface area contributed by atoms with E-state index in [1.54, 1.807) is 18.3 Å². The average Bonchev–Trinajstić information content (AvgIpc) is 2.74. The number of nitro groups is 2. The van der Waals surface area contributed by atoms with Crippen molar-refractivity contribution in [3.05, 3.63) is 103 Å². The third-order valence-electron chi connectivity index (χ3n) is 3.84. The van der Waals surface area contributed by atoms with Crippen LogP contribution in [0.3, 0.4) is 0 Å². The molecule has 0 saturated carbocycles. The molecule has 0 radical (unpaired) electrons. The standard InChI is InChI=1S/C20H12BrN3O6/c21-15-3-5-16(6-4-15)22-12-13-1-7-19(8-2-13)30-20(25)14-9-17(23(26)27)11-18(10-14)24(28)29/h1-12H. The normalized spacial score (nSPS) is 10.7. The predicted molar refractivity (Wildman–Crippen MR) is 113 cm³/mol. The van der Waals surface area contributed by atoms with Crippen LogP contribution in [-0.4, -0.2) is 22.0 Å². The Balaban J connectivity index is 1.73. The van der Waals surface area contributed by atoms with Crippen molar-refractivity contribution in [2.24, 2.45) is 4.99 Å². The Morgan fingerprint density at radius 2 is 1.47 bits per heavy atom. The summed E-state index contributed by atoms with van der Waals surface area (Å²) in [5.41, 5.74) is 0.0766.